The third kappa shape index (κ3) is 10.8. The number of nitrogens with zero attached hydrogens (tertiary/aromatic N) is 10. The first-order valence-corrected chi connectivity index (χ1v) is 15.2. The van der Waals surface area contributed by atoms with Crippen LogP contribution in [0.1, 0.15) is 17.2 Å². The van der Waals surface area contributed by atoms with E-state index in [1.54, 1.807) is 35.1 Å². The highest BCUT2D eigenvalue weighted by Crippen LogP contribution is 2.19. The first-order chi connectivity index (χ1) is 22.3. The standard InChI is InChI=1S/C12H14N4.C9H11Cl2N3O2.C9H11ClFN3O2/c1-9-13-11(10-7-5-4-6-8-10)15-12(14-9)16(2)3;1-5-7(10)8(11)9(16)14(12-5)4-6(15)13(2)3;1-5-8(11)7(10)9(16)14(12-5)4-6(15)13(2)3/h4-8H,1-3H3;2*4H2,1-3H3. The Hall–Kier alpha value is -4.47. The van der Waals surface area contributed by atoms with Gasteiger partial charge in [-0.3, -0.25) is 19.2 Å². The summed E-state index contributed by atoms with van der Waals surface area (Å²) in [6.07, 6.45) is 0. The molecule has 1 aromatic carbocycles. The summed E-state index contributed by atoms with van der Waals surface area (Å²) in [6, 6.07) is 9.92. The highest BCUT2D eigenvalue weighted by molar-refractivity contribution is 6.42. The normalized spacial score (nSPS) is 10.3. The van der Waals surface area contributed by atoms with E-state index in [1.807, 2.05) is 56.3 Å². The Kier molecular flexibility index (Phi) is 14.6. The minimum atomic E-state index is -0.847. The van der Waals surface area contributed by atoms with E-state index in [-0.39, 0.29) is 40.6 Å². The molecule has 0 N–H and O–H groups in total. The van der Waals surface area contributed by atoms with Gasteiger partial charge in [-0.05, 0) is 20.8 Å². The van der Waals surface area contributed by atoms with Crippen LogP contribution in [0.25, 0.3) is 11.4 Å². The molecule has 0 atom stereocenters. The van der Waals surface area contributed by atoms with Crippen molar-refractivity contribution in [1.29, 1.82) is 0 Å². The van der Waals surface area contributed by atoms with Gasteiger partial charge in [0.2, 0.25) is 17.8 Å². The maximum absolute atomic E-state index is 13.2. The van der Waals surface area contributed by atoms with Gasteiger partial charge in [0.15, 0.2) is 11.6 Å². The average molecular weight is 726 g/mol. The molecule has 0 spiro atoms. The zero-order chi connectivity index (χ0) is 36.5. The Balaban J connectivity index is 0.000000250. The lowest BCUT2D eigenvalue weighted by atomic mass is 10.2. The van der Waals surface area contributed by atoms with Gasteiger partial charge in [-0.25, -0.2) is 18.7 Å². The second kappa shape index (κ2) is 17.6. The first-order valence-electron chi connectivity index (χ1n) is 14.1. The molecular formula is C30H36Cl3FN10O4. The Labute approximate surface area is 291 Å². The van der Waals surface area contributed by atoms with Gasteiger partial charge in [0.05, 0.1) is 16.4 Å². The summed E-state index contributed by atoms with van der Waals surface area (Å²) >= 11 is 16.9. The zero-order valence-electron chi connectivity index (χ0n) is 27.9. The zero-order valence-corrected chi connectivity index (χ0v) is 30.2. The van der Waals surface area contributed by atoms with Crippen molar-refractivity contribution in [1.82, 2.24) is 44.3 Å². The molecule has 0 fully saturated rings. The molecule has 18 heteroatoms. The topological polar surface area (TPSA) is 152 Å². The highest BCUT2D eigenvalue weighted by Gasteiger charge is 2.16. The van der Waals surface area contributed by atoms with Crippen molar-refractivity contribution < 1.29 is 14.0 Å². The molecule has 258 valence electrons. The fraction of sp³-hybridized carbons (Fsp3) is 0.367. The molecule has 0 bridgehead atoms. The van der Waals surface area contributed by atoms with Crippen LogP contribution < -0.4 is 16.0 Å². The van der Waals surface area contributed by atoms with E-state index in [9.17, 15) is 23.6 Å². The first kappa shape index (κ1) is 39.7. The molecule has 48 heavy (non-hydrogen) atoms. The van der Waals surface area contributed by atoms with Crippen LogP contribution >= 0.6 is 34.8 Å². The minimum absolute atomic E-state index is 0.0174. The molecule has 2 amide bonds. The van der Waals surface area contributed by atoms with Crippen LogP contribution in [0.3, 0.4) is 0 Å². The number of benzene rings is 1. The van der Waals surface area contributed by atoms with E-state index in [2.05, 4.69) is 25.1 Å². The number of hydrogen-bond acceptors (Lipinski definition) is 10. The van der Waals surface area contributed by atoms with Crippen molar-refractivity contribution in [3.63, 3.8) is 0 Å². The van der Waals surface area contributed by atoms with Crippen molar-refractivity contribution >= 4 is 52.6 Å². The molecule has 4 aromatic rings. The molecule has 0 saturated heterocycles. The number of carbonyl (C=O) groups is 2. The molecule has 0 unspecified atom stereocenters. The smallest absolute Gasteiger partial charge is 0.289 e. The average Bonchev–Trinajstić information content (AvgIpc) is 3.04. The second-order valence-electron chi connectivity index (χ2n) is 10.7. The molecular weight excluding hydrogens is 690 g/mol. The van der Waals surface area contributed by atoms with E-state index in [0.717, 1.165) is 26.6 Å². The van der Waals surface area contributed by atoms with Gasteiger partial charge in [-0.2, -0.15) is 20.2 Å². The summed E-state index contributed by atoms with van der Waals surface area (Å²) in [5, 5.41) is 7.02. The monoisotopic (exact) mass is 724 g/mol. The Bertz CT molecular complexity index is 1790. The molecule has 0 saturated carbocycles. The SMILES string of the molecule is Cc1nc(-c2ccccc2)nc(N(C)C)n1.Cc1nn(CC(=O)N(C)C)c(=O)c(Cl)c1Cl.Cc1nn(CC(=O)N(C)C)c(=O)c(Cl)c1F. The second-order valence-corrected chi connectivity index (χ2v) is 11.8. The highest BCUT2D eigenvalue weighted by atomic mass is 35.5. The molecule has 3 aromatic heterocycles. The Morgan fingerprint density at radius 2 is 1.19 bits per heavy atom. The Morgan fingerprint density at radius 3 is 1.67 bits per heavy atom. The summed E-state index contributed by atoms with van der Waals surface area (Å²) in [5.74, 6) is 0.727. The van der Waals surface area contributed by atoms with Crippen molar-refractivity contribution in [2.45, 2.75) is 33.9 Å². The maximum atomic E-state index is 13.2. The molecule has 0 aliphatic rings. The van der Waals surface area contributed by atoms with Crippen molar-refractivity contribution in [2.24, 2.45) is 0 Å². The summed E-state index contributed by atoms with van der Waals surface area (Å²) in [5.41, 5.74) is 0.0394. The van der Waals surface area contributed by atoms with E-state index in [4.69, 9.17) is 34.8 Å². The lowest BCUT2D eigenvalue weighted by molar-refractivity contribution is -0.130. The summed E-state index contributed by atoms with van der Waals surface area (Å²) in [7, 11) is 10.1. The van der Waals surface area contributed by atoms with Crippen LogP contribution in [0.2, 0.25) is 15.1 Å². The van der Waals surface area contributed by atoms with Gasteiger partial charge in [-0.15, -0.1) is 0 Å². The van der Waals surface area contributed by atoms with Crippen molar-refractivity contribution in [3.8, 4) is 11.4 Å². The van der Waals surface area contributed by atoms with Crippen LogP contribution in [-0.2, 0) is 22.7 Å². The lowest BCUT2D eigenvalue weighted by Crippen LogP contribution is -2.34. The number of carbonyl (C=O) groups excluding carboxylic acids is 2. The molecule has 0 radical (unpaired) electrons. The third-order valence-corrected chi connectivity index (χ3v) is 7.38. The van der Waals surface area contributed by atoms with E-state index >= 15 is 0 Å². The number of amides is 2. The van der Waals surface area contributed by atoms with Gasteiger partial charge in [-0.1, -0.05) is 65.1 Å². The molecule has 0 aliphatic heterocycles. The van der Waals surface area contributed by atoms with Gasteiger partial charge in [0.1, 0.15) is 29.0 Å². The van der Waals surface area contributed by atoms with Gasteiger partial charge >= 0.3 is 0 Å². The number of hydrogen-bond donors (Lipinski definition) is 0. The summed E-state index contributed by atoms with van der Waals surface area (Å²) < 4.78 is 15.0. The van der Waals surface area contributed by atoms with E-state index in [0.29, 0.717) is 11.6 Å². The fourth-order valence-corrected chi connectivity index (χ4v) is 4.00. The maximum Gasteiger partial charge on any atom is 0.289 e. The molecule has 4 rings (SSSR count). The summed E-state index contributed by atoms with van der Waals surface area (Å²) in [4.78, 5) is 63.4. The van der Waals surface area contributed by atoms with Crippen LogP contribution in [0.15, 0.2) is 39.9 Å². The van der Waals surface area contributed by atoms with Crippen LogP contribution in [0.5, 0.6) is 0 Å². The van der Waals surface area contributed by atoms with Crippen molar-refractivity contribution in [2.75, 3.05) is 47.2 Å². The molecule has 3 heterocycles. The predicted molar refractivity (Wildman–Crippen MR) is 183 cm³/mol. The minimum Gasteiger partial charge on any atom is -0.347 e. The lowest BCUT2D eigenvalue weighted by Gasteiger charge is -2.12. The van der Waals surface area contributed by atoms with Crippen LogP contribution in [0.4, 0.5) is 10.3 Å². The van der Waals surface area contributed by atoms with Crippen LogP contribution in [-0.4, -0.2) is 98.4 Å². The van der Waals surface area contributed by atoms with Gasteiger partial charge in [0.25, 0.3) is 11.1 Å². The quantitative estimate of drug-likeness (QED) is 0.290. The number of likely N-dealkylation sites (N-methyl/N-ethyl adjacent to an activating group) is 2. The van der Waals surface area contributed by atoms with E-state index < -0.39 is 22.0 Å². The number of anilines is 1. The number of aryl methyl sites for hydroxylation is 3. The van der Waals surface area contributed by atoms with E-state index in [1.165, 1.54) is 16.7 Å². The van der Waals surface area contributed by atoms with Gasteiger partial charge in [0, 0.05) is 47.8 Å². The predicted octanol–water partition coefficient (Wildman–Crippen LogP) is 3.29. The largest absolute Gasteiger partial charge is 0.347 e. The third-order valence-electron chi connectivity index (χ3n) is 6.14. The Morgan fingerprint density at radius 1 is 0.708 bits per heavy atom. The fourth-order valence-electron chi connectivity index (χ4n) is 3.41. The number of rotatable bonds is 6. The molecule has 0 aliphatic carbocycles. The summed E-state index contributed by atoms with van der Waals surface area (Å²) in [6.45, 7) is 4.46. The van der Waals surface area contributed by atoms with Crippen LogP contribution in [0, 0.1) is 26.6 Å². The van der Waals surface area contributed by atoms with Gasteiger partial charge < -0.3 is 14.7 Å². The number of halogens is 4. The molecule has 14 nitrogen and oxygen atoms in total. The van der Waals surface area contributed by atoms with Crippen molar-refractivity contribution in [3.05, 3.63) is 89.1 Å². The number of aromatic nitrogens is 7.